The van der Waals surface area contributed by atoms with E-state index in [4.69, 9.17) is 9.72 Å². The van der Waals surface area contributed by atoms with E-state index in [0.717, 1.165) is 59.7 Å². The zero-order valence-electron chi connectivity index (χ0n) is 15.3. The van der Waals surface area contributed by atoms with Gasteiger partial charge in [0.25, 0.3) is 0 Å². The lowest BCUT2D eigenvalue weighted by molar-refractivity contribution is 0.201. The second-order valence-corrected chi connectivity index (χ2v) is 7.07. The van der Waals surface area contributed by atoms with Gasteiger partial charge in [0.05, 0.1) is 12.6 Å². The molecular weight excluding hydrogens is 314 g/mol. The summed E-state index contributed by atoms with van der Waals surface area (Å²) in [7, 11) is 1.72. The lowest BCUT2D eigenvalue weighted by Crippen LogP contribution is -2.48. The van der Waals surface area contributed by atoms with Gasteiger partial charge in [0.2, 0.25) is 0 Å². The number of nitrogens with one attached hydrogen (secondary N) is 2. The summed E-state index contributed by atoms with van der Waals surface area (Å²) in [4.78, 5) is 7.32. The van der Waals surface area contributed by atoms with Crippen molar-refractivity contribution in [2.24, 2.45) is 0 Å². The van der Waals surface area contributed by atoms with Gasteiger partial charge >= 0.3 is 0 Å². The summed E-state index contributed by atoms with van der Waals surface area (Å²) in [6, 6.07) is 4.67. The van der Waals surface area contributed by atoms with E-state index in [-0.39, 0.29) is 0 Å². The number of hydrogen-bond acceptors (Lipinski definition) is 5. The first-order chi connectivity index (χ1) is 12.1. The molecule has 132 valence electrons. The van der Waals surface area contributed by atoms with Crippen LogP contribution in [0.3, 0.4) is 0 Å². The Morgan fingerprint density at radius 1 is 1.32 bits per heavy atom. The number of benzene rings is 1. The maximum atomic E-state index is 5.51. The fourth-order valence-corrected chi connectivity index (χ4v) is 3.89. The molecule has 25 heavy (non-hydrogen) atoms. The molecular formula is C19H25N5O. The number of H-pyrrole nitrogens is 1. The van der Waals surface area contributed by atoms with Crippen LogP contribution in [-0.2, 0) is 6.54 Å². The summed E-state index contributed by atoms with van der Waals surface area (Å²) in [6.45, 7) is 10.4. The number of aryl methyl sites for hydroxylation is 2. The van der Waals surface area contributed by atoms with Crippen molar-refractivity contribution in [2.45, 2.75) is 33.4 Å². The Kier molecular flexibility index (Phi) is 4.09. The Morgan fingerprint density at radius 3 is 2.92 bits per heavy atom. The minimum Gasteiger partial charge on any atom is -0.497 e. The number of fused-ring (bicyclic) bond motifs is 2. The highest BCUT2D eigenvalue weighted by Gasteiger charge is 2.21. The minimum atomic E-state index is 0.513. The molecule has 1 atom stereocenters. The number of piperazine rings is 1. The average molecular weight is 339 g/mol. The molecule has 0 saturated carbocycles. The predicted octanol–water partition coefficient (Wildman–Crippen LogP) is 2.53. The van der Waals surface area contributed by atoms with Crippen LogP contribution in [0.4, 0.5) is 0 Å². The van der Waals surface area contributed by atoms with Gasteiger partial charge in [0, 0.05) is 48.7 Å². The van der Waals surface area contributed by atoms with Gasteiger partial charge in [-0.1, -0.05) is 0 Å². The Balaban J connectivity index is 1.93. The van der Waals surface area contributed by atoms with E-state index in [1.807, 2.05) is 6.07 Å². The fraction of sp³-hybridized carbons (Fsp3) is 0.474. The van der Waals surface area contributed by atoms with Crippen LogP contribution in [0.2, 0.25) is 0 Å². The minimum absolute atomic E-state index is 0.513. The Labute approximate surface area is 147 Å². The van der Waals surface area contributed by atoms with Crippen molar-refractivity contribution in [3.05, 3.63) is 29.0 Å². The van der Waals surface area contributed by atoms with Crippen molar-refractivity contribution < 1.29 is 4.74 Å². The van der Waals surface area contributed by atoms with Crippen LogP contribution in [0.15, 0.2) is 12.1 Å². The van der Waals surface area contributed by atoms with Crippen LogP contribution >= 0.6 is 0 Å². The molecule has 1 aromatic carbocycles. The predicted molar refractivity (Wildman–Crippen MR) is 100 cm³/mol. The largest absolute Gasteiger partial charge is 0.497 e. The molecule has 2 N–H and O–H groups in total. The van der Waals surface area contributed by atoms with Gasteiger partial charge < -0.3 is 10.1 Å². The lowest BCUT2D eigenvalue weighted by atomic mass is 10.0. The molecule has 1 aliphatic rings. The molecule has 0 bridgehead atoms. The van der Waals surface area contributed by atoms with Crippen LogP contribution in [0.25, 0.3) is 21.9 Å². The van der Waals surface area contributed by atoms with Crippen molar-refractivity contribution in [3.63, 3.8) is 0 Å². The Morgan fingerprint density at radius 2 is 2.16 bits per heavy atom. The summed E-state index contributed by atoms with van der Waals surface area (Å²) in [5.74, 6) is 0.877. The van der Waals surface area contributed by atoms with Gasteiger partial charge in [-0.05, 0) is 44.0 Å². The maximum Gasteiger partial charge on any atom is 0.182 e. The first-order valence-corrected chi connectivity index (χ1v) is 8.84. The molecule has 1 saturated heterocycles. The quantitative estimate of drug-likeness (QED) is 0.768. The summed E-state index contributed by atoms with van der Waals surface area (Å²) < 4.78 is 5.51. The molecule has 2 aromatic heterocycles. The Hall–Kier alpha value is -2.18. The number of aromatic nitrogens is 3. The SMILES string of the molecule is COc1cc(C)c2nc3n[nH]c(C)c3c(CN3CCN[C@H](C)C3)c2c1. The molecule has 3 aromatic rings. The van der Waals surface area contributed by atoms with Crippen LogP contribution in [0.1, 0.15) is 23.7 Å². The normalized spacial score (nSPS) is 19.0. The molecule has 6 heteroatoms. The second kappa shape index (κ2) is 6.28. The van der Waals surface area contributed by atoms with Gasteiger partial charge in [-0.3, -0.25) is 10.00 Å². The van der Waals surface area contributed by atoms with Gasteiger partial charge in [0.15, 0.2) is 5.65 Å². The topological polar surface area (TPSA) is 66.1 Å². The smallest absolute Gasteiger partial charge is 0.182 e. The number of ether oxygens (including phenoxy) is 1. The van der Waals surface area contributed by atoms with Crippen LogP contribution in [-0.4, -0.2) is 52.9 Å². The molecule has 0 radical (unpaired) electrons. The van der Waals surface area contributed by atoms with Crippen LogP contribution < -0.4 is 10.1 Å². The average Bonchev–Trinajstić information content (AvgIpc) is 2.96. The van der Waals surface area contributed by atoms with E-state index in [1.54, 1.807) is 7.11 Å². The first kappa shape index (κ1) is 16.3. The standard InChI is InChI=1S/C19H25N5O/c1-11-7-14(25-4)8-15-16(10-24-6-5-20-12(2)9-24)17-13(3)22-23-19(17)21-18(11)15/h7-8,12,20H,5-6,9-10H2,1-4H3,(H,21,22,23)/t12-/m1/s1. The summed E-state index contributed by atoms with van der Waals surface area (Å²) >= 11 is 0. The molecule has 0 spiro atoms. The van der Waals surface area contributed by atoms with Crippen molar-refractivity contribution in [3.8, 4) is 5.75 Å². The number of nitrogens with zero attached hydrogens (tertiary/aromatic N) is 3. The zero-order chi connectivity index (χ0) is 17.6. The van der Waals surface area contributed by atoms with Crippen molar-refractivity contribution >= 4 is 21.9 Å². The van der Waals surface area contributed by atoms with E-state index in [9.17, 15) is 0 Å². The molecule has 1 aliphatic heterocycles. The van der Waals surface area contributed by atoms with E-state index in [2.05, 4.69) is 47.3 Å². The van der Waals surface area contributed by atoms with E-state index >= 15 is 0 Å². The molecule has 6 nitrogen and oxygen atoms in total. The van der Waals surface area contributed by atoms with E-state index in [1.165, 1.54) is 10.9 Å². The van der Waals surface area contributed by atoms with Crippen LogP contribution in [0, 0.1) is 13.8 Å². The van der Waals surface area contributed by atoms with Gasteiger partial charge in [-0.2, -0.15) is 5.10 Å². The number of rotatable bonds is 3. The third-order valence-electron chi connectivity index (χ3n) is 5.12. The monoisotopic (exact) mass is 339 g/mol. The van der Waals surface area contributed by atoms with Crippen LogP contribution in [0.5, 0.6) is 5.75 Å². The third-order valence-corrected chi connectivity index (χ3v) is 5.12. The maximum absolute atomic E-state index is 5.51. The molecule has 3 heterocycles. The number of methoxy groups -OCH3 is 1. The fourth-order valence-electron chi connectivity index (χ4n) is 3.89. The molecule has 0 unspecified atom stereocenters. The Bertz CT molecular complexity index is 933. The third kappa shape index (κ3) is 2.85. The van der Waals surface area contributed by atoms with Gasteiger partial charge in [0.1, 0.15) is 5.75 Å². The lowest BCUT2D eigenvalue weighted by Gasteiger charge is -2.32. The number of aromatic amines is 1. The highest BCUT2D eigenvalue weighted by Crippen LogP contribution is 2.32. The highest BCUT2D eigenvalue weighted by atomic mass is 16.5. The molecule has 0 aliphatic carbocycles. The van der Waals surface area contributed by atoms with E-state index < -0.39 is 0 Å². The van der Waals surface area contributed by atoms with Gasteiger partial charge in [-0.15, -0.1) is 0 Å². The molecule has 4 rings (SSSR count). The molecule has 1 fully saturated rings. The van der Waals surface area contributed by atoms with E-state index in [0.29, 0.717) is 6.04 Å². The summed E-state index contributed by atoms with van der Waals surface area (Å²) in [5, 5.41) is 13.4. The van der Waals surface area contributed by atoms with Crippen molar-refractivity contribution in [1.82, 2.24) is 25.4 Å². The summed E-state index contributed by atoms with van der Waals surface area (Å²) in [5.41, 5.74) is 5.30. The van der Waals surface area contributed by atoms with Gasteiger partial charge in [-0.25, -0.2) is 4.98 Å². The zero-order valence-corrected chi connectivity index (χ0v) is 15.3. The van der Waals surface area contributed by atoms with Crippen molar-refractivity contribution in [2.75, 3.05) is 26.7 Å². The van der Waals surface area contributed by atoms with Crippen molar-refractivity contribution in [1.29, 1.82) is 0 Å². The number of hydrogen-bond donors (Lipinski definition) is 2. The summed E-state index contributed by atoms with van der Waals surface area (Å²) in [6.07, 6.45) is 0. The second-order valence-electron chi connectivity index (χ2n) is 7.07. The highest BCUT2D eigenvalue weighted by molar-refractivity contribution is 5.99. The first-order valence-electron chi connectivity index (χ1n) is 8.84. The number of pyridine rings is 1. The molecule has 0 amide bonds.